The fraction of sp³-hybridized carbons (Fsp3) is 0.500. The van der Waals surface area contributed by atoms with E-state index in [1.165, 1.54) is 6.07 Å². The zero-order chi connectivity index (χ0) is 18.1. The highest BCUT2D eigenvalue weighted by Crippen LogP contribution is 2.43. The predicted octanol–water partition coefficient (Wildman–Crippen LogP) is 1.59. The summed E-state index contributed by atoms with van der Waals surface area (Å²) in [6.45, 7) is 0.558. The lowest BCUT2D eigenvalue weighted by molar-refractivity contribution is -0.0791. The highest BCUT2D eigenvalue weighted by Gasteiger charge is 2.53. The number of pyridine rings is 1. The van der Waals surface area contributed by atoms with Crippen LogP contribution in [0.3, 0.4) is 0 Å². The summed E-state index contributed by atoms with van der Waals surface area (Å²) in [6.07, 6.45) is 4.67. The molecule has 1 saturated heterocycles. The van der Waals surface area contributed by atoms with Gasteiger partial charge in [-0.1, -0.05) is 6.07 Å². The molecule has 2 fully saturated rings. The Hall–Kier alpha value is -2.61. The topological polar surface area (TPSA) is 97.7 Å². The van der Waals surface area contributed by atoms with Gasteiger partial charge in [-0.15, -0.1) is 0 Å². The monoisotopic (exact) mass is 359 g/mol. The van der Waals surface area contributed by atoms with Crippen LogP contribution in [0.25, 0.3) is 0 Å². The molecule has 3 atom stereocenters. The van der Waals surface area contributed by atoms with Crippen molar-refractivity contribution in [2.45, 2.75) is 43.4 Å². The second-order valence-corrected chi connectivity index (χ2v) is 6.79. The maximum atomic E-state index is 12.8. The summed E-state index contributed by atoms with van der Waals surface area (Å²) >= 11 is 0. The van der Waals surface area contributed by atoms with E-state index in [9.17, 15) is 9.59 Å². The third-order valence-corrected chi connectivity index (χ3v) is 5.46. The molecule has 0 radical (unpaired) electrons. The SMILES string of the molecule is CO[C@@]12CCC(Oc3ccccn3)CC1N(C(=O)c1cc(=O)[nH]o1)CC2. The highest BCUT2D eigenvalue weighted by molar-refractivity contribution is 5.91. The van der Waals surface area contributed by atoms with Gasteiger partial charge in [0.05, 0.1) is 17.7 Å². The summed E-state index contributed by atoms with van der Waals surface area (Å²) in [5.74, 6) is 0.301. The van der Waals surface area contributed by atoms with Gasteiger partial charge in [0.2, 0.25) is 11.6 Å². The Morgan fingerprint density at radius 3 is 3.00 bits per heavy atom. The molecule has 1 amide bonds. The number of ether oxygens (including phenoxy) is 2. The second kappa shape index (κ2) is 6.60. The molecule has 138 valence electrons. The number of fused-ring (bicyclic) bond motifs is 1. The Morgan fingerprint density at radius 2 is 2.31 bits per heavy atom. The van der Waals surface area contributed by atoms with E-state index in [2.05, 4.69) is 10.1 Å². The lowest BCUT2D eigenvalue weighted by Crippen LogP contribution is -2.53. The first-order valence-corrected chi connectivity index (χ1v) is 8.74. The third-order valence-electron chi connectivity index (χ3n) is 5.46. The number of aromatic nitrogens is 2. The van der Waals surface area contributed by atoms with Crippen molar-refractivity contribution in [3.63, 3.8) is 0 Å². The van der Waals surface area contributed by atoms with Crippen LogP contribution in [0.15, 0.2) is 39.8 Å². The molecule has 1 aliphatic heterocycles. The number of nitrogens with one attached hydrogen (secondary N) is 1. The van der Waals surface area contributed by atoms with Crippen LogP contribution in [0.1, 0.15) is 36.2 Å². The summed E-state index contributed by atoms with van der Waals surface area (Å²) < 4.78 is 16.9. The fourth-order valence-corrected chi connectivity index (χ4v) is 4.13. The van der Waals surface area contributed by atoms with E-state index in [0.29, 0.717) is 18.8 Å². The number of hydrogen-bond acceptors (Lipinski definition) is 6. The van der Waals surface area contributed by atoms with Crippen molar-refractivity contribution in [2.24, 2.45) is 0 Å². The molecule has 8 nitrogen and oxygen atoms in total. The van der Waals surface area contributed by atoms with Crippen LogP contribution < -0.4 is 10.3 Å². The Kier molecular flexibility index (Phi) is 4.28. The minimum Gasteiger partial charge on any atom is -0.474 e. The molecular weight excluding hydrogens is 338 g/mol. The number of likely N-dealkylation sites (tertiary alicyclic amines) is 1. The zero-order valence-corrected chi connectivity index (χ0v) is 14.5. The molecule has 2 aliphatic rings. The largest absolute Gasteiger partial charge is 0.474 e. The van der Waals surface area contributed by atoms with Gasteiger partial charge in [0, 0.05) is 32.3 Å². The van der Waals surface area contributed by atoms with Crippen molar-refractivity contribution in [2.75, 3.05) is 13.7 Å². The van der Waals surface area contributed by atoms with Gasteiger partial charge >= 0.3 is 0 Å². The van der Waals surface area contributed by atoms with Crippen LogP contribution >= 0.6 is 0 Å². The highest BCUT2D eigenvalue weighted by atomic mass is 16.5. The number of rotatable bonds is 4. The standard InChI is InChI=1S/C18H21N3O5/c1-24-18-6-5-12(25-16-4-2-3-8-19-16)10-14(18)21(9-7-18)17(23)13-11-15(22)20-26-13/h2-4,8,11-12,14H,5-7,9-10H2,1H3,(H,20,22)/t12?,14?,18-/m1/s1. The Morgan fingerprint density at radius 1 is 1.42 bits per heavy atom. The molecule has 2 aromatic rings. The molecule has 1 saturated carbocycles. The van der Waals surface area contributed by atoms with Crippen molar-refractivity contribution >= 4 is 5.91 Å². The van der Waals surface area contributed by atoms with E-state index in [4.69, 9.17) is 14.0 Å². The van der Waals surface area contributed by atoms with Crippen LogP contribution in [0.4, 0.5) is 0 Å². The van der Waals surface area contributed by atoms with Gasteiger partial charge in [-0.25, -0.2) is 4.98 Å². The average Bonchev–Trinajstić information content (AvgIpc) is 3.26. The van der Waals surface area contributed by atoms with Crippen molar-refractivity contribution in [3.8, 4) is 5.88 Å². The molecule has 26 heavy (non-hydrogen) atoms. The number of H-pyrrole nitrogens is 1. The predicted molar refractivity (Wildman–Crippen MR) is 91.0 cm³/mol. The number of amides is 1. The summed E-state index contributed by atoms with van der Waals surface area (Å²) in [4.78, 5) is 30.1. The molecular formula is C18H21N3O5. The van der Waals surface area contributed by atoms with E-state index < -0.39 is 5.56 Å². The molecule has 3 heterocycles. The van der Waals surface area contributed by atoms with Gasteiger partial charge in [-0.2, -0.15) is 5.16 Å². The molecule has 0 bridgehead atoms. The minimum absolute atomic E-state index is 0.0228. The molecule has 8 heteroatoms. The van der Waals surface area contributed by atoms with Crippen LogP contribution in [0, 0.1) is 0 Å². The number of nitrogens with zero attached hydrogens (tertiary/aromatic N) is 2. The summed E-state index contributed by atoms with van der Waals surface area (Å²) in [5, 5.41) is 2.17. The lowest BCUT2D eigenvalue weighted by atomic mass is 9.79. The van der Waals surface area contributed by atoms with Crippen LogP contribution in [0.5, 0.6) is 5.88 Å². The smallest absolute Gasteiger partial charge is 0.292 e. The van der Waals surface area contributed by atoms with E-state index in [1.807, 2.05) is 18.2 Å². The van der Waals surface area contributed by atoms with E-state index >= 15 is 0 Å². The number of methoxy groups -OCH3 is 1. The van der Waals surface area contributed by atoms with Crippen LogP contribution in [-0.2, 0) is 4.74 Å². The summed E-state index contributed by atoms with van der Waals surface area (Å²) in [6, 6.07) is 6.59. The number of hydrogen-bond donors (Lipinski definition) is 1. The number of carbonyl (C=O) groups is 1. The molecule has 1 N–H and O–H groups in total. The van der Waals surface area contributed by atoms with Crippen LogP contribution in [-0.4, -0.2) is 52.3 Å². The first-order valence-electron chi connectivity index (χ1n) is 8.74. The lowest BCUT2D eigenvalue weighted by Gasteiger charge is -2.43. The van der Waals surface area contributed by atoms with E-state index in [-0.39, 0.29) is 29.4 Å². The van der Waals surface area contributed by atoms with Crippen molar-refractivity contribution in [3.05, 3.63) is 46.6 Å². The molecule has 0 aromatic carbocycles. The van der Waals surface area contributed by atoms with Gasteiger partial charge < -0.3 is 18.9 Å². The van der Waals surface area contributed by atoms with Gasteiger partial charge in [-0.3, -0.25) is 9.59 Å². The number of carbonyl (C=O) groups excluding carboxylic acids is 1. The molecule has 2 aromatic heterocycles. The second-order valence-electron chi connectivity index (χ2n) is 6.79. The van der Waals surface area contributed by atoms with E-state index in [0.717, 1.165) is 19.3 Å². The Balaban J connectivity index is 1.54. The van der Waals surface area contributed by atoms with Crippen LogP contribution in [0.2, 0.25) is 0 Å². The quantitative estimate of drug-likeness (QED) is 0.890. The van der Waals surface area contributed by atoms with Gasteiger partial charge in [0.15, 0.2) is 0 Å². The summed E-state index contributed by atoms with van der Waals surface area (Å²) in [5.41, 5.74) is -0.804. The molecule has 0 spiro atoms. The Bertz CT molecular complexity index is 833. The maximum absolute atomic E-state index is 12.8. The normalized spacial score (nSPS) is 28.0. The third kappa shape index (κ3) is 2.90. The van der Waals surface area contributed by atoms with Crippen molar-refractivity contribution in [1.82, 2.24) is 15.0 Å². The van der Waals surface area contributed by atoms with Crippen molar-refractivity contribution < 1.29 is 18.8 Å². The first-order chi connectivity index (χ1) is 12.6. The van der Waals surface area contributed by atoms with E-state index in [1.54, 1.807) is 18.2 Å². The molecule has 2 unspecified atom stereocenters. The first kappa shape index (κ1) is 16.8. The maximum Gasteiger partial charge on any atom is 0.292 e. The van der Waals surface area contributed by atoms with Gasteiger partial charge in [0.25, 0.3) is 11.5 Å². The zero-order valence-electron chi connectivity index (χ0n) is 14.5. The average molecular weight is 359 g/mol. The van der Waals surface area contributed by atoms with Crippen molar-refractivity contribution in [1.29, 1.82) is 0 Å². The Labute approximate surface area is 150 Å². The summed E-state index contributed by atoms with van der Waals surface area (Å²) in [7, 11) is 1.69. The molecule has 1 aliphatic carbocycles. The van der Waals surface area contributed by atoms with Gasteiger partial charge in [0.1, 0.15) is 6.10 Å². The van der Waals surface area contributed by atoms with Gasteiger partial charge in [-0.05, 0) is 25.3 Å². The fourth-order valence-electron chi connectivity index (χ4n) is 4.13. The minimum atomic E-state index is -0.425. The molecule has 4 rings (SSSR count). The number of aromatic amines is 1.